The van der Waals surface area contributed by atoms with Gasteiger partial charge in [-0.2, -0.15) is 0 Å². The maximum Gasteiger partial charge on any atom is 0.407 e. The first-order valence-electron chi connectivity index (χ1n) is 9.57. The van der Waals surface area contributed by atoms with Crippen LogP contribution in [0, 0.1) is 5.92 Å². The molecule has 1 fully saturated rings. The minimum atomic E-state index is -1.11. The van der Waals surface area contributed by atoms with E-state index in [2.05, 4.69) is 10.6 Å². The van der Waals surface area contributed by atoms with Crippen molar-refractivity contribution in [1.82, 2.24) is 21.0 Å². The summed E-state index contributed by atoms with van der Waals surface area (Å²) in [4.78, 5) is 37.8. The van der Waals surface area contributed by atoms with Gasteiger partial charge in [-0.05, 0) is 24.0 Å². The van der Waals surface area contributed by atoms with Crippen LogP contribution in [-0.4, -0.2) is 71.3 Å². The minimum Gasteiger partial charge on any atom is -0.465 e. The van der Waals surface area contributed by atoms with Crippen molar-refractivity contribution in [1.29, 1.82) is 0 Å². The number of benzene rings is 1. The topological polar surface area (TPSA) is 131 Å². The largest absolute Gasteiger partial charge is 0.465 e. The molecule has 3 rings (SSSR count). The lowest BCUT2D eigenvalue weighted by Crippen LogP contribution is -2.62. The smallest absolute Gasteiger partial charge is 0.407 e. The van der Waals surface area contributed by atoms with Crippen molar-refractivity contribution < 1.29 is 24.7 Å². The highest BCUT2D eigenvalue weighted by Gasteiger charge is 2.43. The van der Waals surface area contributed by atoms with Crippen LogP contribution in [-0.2, 0) is 9.59 Å². The first-order valence-corrected chi connectivity index (χ1v) is 9.57. The molecule has 5 N–H and O–H groups in total. The Balaban J connectivity index is 1.74. The van der Waals surface area contributed by atoms with Crippen molar-refractivity contribution >= 4 is 23.4 Å². The van der Waals surface area contributed by atoms with Gasteiger partial charge in [0.25, 0.3) is 0 Å². The van der Waals surface area contributed by atoms with Gasteiger partial charge in [-0.15, -0.1) is 0 Å². The fourth-order valence-electron chi connectivity index (χ4n) is 4.01. The predicted octanol–water partition coefficient (Wildman–Crippen LogP) is 0.463. The SMILES string of the molecule is CN(C(=O)O)C1CN[C@H](C(=O)C2CC(c3ccccc3)=CCN2)[C@@H](C(=O)NO)C1. The molecule has 2 aliphatic rings. The molecule has 156 valence electrons. The number of piperidine rings is 1. The Morgan fingerprint density at radius 1 is 1.17 bits per heavy atom. The number of hydrogen-bond acceptors (Lipinski definition) is 6. The van der Waals surface area contributed by atoms with Crippen LogP contribution in [0.15, 0.2) is 36.4 Å². The molecule has 0 saturated carbocycles. The predicted molar refractivity (Wildman–Crippen MR) is 105 cm³/mol. The van der Waals surface area contributed by atoms with Crippen molar-refractivity contribution in [2.24, 2.45) is 5.92 Å². The molecule has 0 radical (unpaired) electrons. The molecule has 0 aliphatic carbocycles. The van der Waals surface area contributed by atoms with E-state index in [1.165, 1.54) is 7.05 Å². The molecule has 1 saturated heterocycles. The van der Waals surface area contributed by atoms with Crippen LogP contribution < -0.4 is 16.1 Å². The van der Waals surface area contributed by atoms with Crippen LogP contribution in [0.4, 0.5) is 4.79 Å². The fourth-order valence-corrected chi connectivity index (χ4v) is 4.01. The first-order chi connectivity index (χ1) is 13.9. The number of nitrogens with zero attached hydrogens (tertiary/aromatic N) is 1. The molecule has 0 bridgehead atoms. The molecule has 9 nitrogen and oxygen atoms in total. The van der Waals surface area contributed by atoms with Gasteiger partial charge < -0.3 is 20.6 Å². The number of ketones is 1. The number of amides is 2. The van der Waals surface area contributed by atoms with Gasteiger partial charge in [-0.3, -0.25) is 14.8 Å². The first kappa shape index (κ1) is 21.0. The Kier molecular flexibility index (Phi) is 6.63. The van der Waals surface area contributed by atoms with Gasteiger partial charge in [0, 0.05) is 26.2 Å². The maximum absolute atomic E-state index is 13.2. The third kappa shape index (κ3) is 4.64. The Bertz CT molecular complexity index is 797. The normalized spacial score (nSPS) is 26.9. The molecule has 0 spiro atoms. The minimum absolute atomic E-state index is 0.146. The van der Waals surface area contributed by atoms with E-state index in [1.54, 1.807) is 5.48 Å². The highest BCUT2D eigenvalue weighted by atomic mass is 16.5. The zero-order valence-corrected chi connectivity index (χ0v) is 16.2. The molecular formula is C20H26N4O5. The number of hydroxylamine groups is 1. The van der Waals surface area contributed by atoms with E-state index in [9.17, 15) is 19.5 Å². The number of hydrogen-bond donors (Lipinski definition) is 5. The van der Waals surface area contributed by atoms with Gasteiger partial charge >= 0.3 is 6.09 Å². The molecule has 2 unspecified atom stereocenters. The average Bonchev–Trinajstić information content (AvgIpc) is 2.77. The Morgan fingerprint density at radius 3 is 2.55 bits per heavy atom. The van der Waals surface area contributed by atoms with E-state index in [-0.39, 0.29) is 18.7 Å². The van der Waals surface area contributed by atoms with Gasteiger partial charge in [0.05, 0.1) is 18.0 Å². The van der Waals surface area contributed by atoms with Crippen LogP contribution in [0.3, 0.4) is 0 Å². The van der Waals surface area contributed by atoms with Crippen LogP contribution in [0.5, 0.6) is 0 Å². The van der Waals surface area contributed by atoms with E-state index < -0.39 is 36.0 Å². The third-order valence-electron chi connectivity index (χ3n) is 5.73. The van der Waals surface area contributed by atoms with Gasteiger partial charge in [0.1, 0.15) is 0 Å². The average molecular weight is 402 g/mol. The number of Topliss-reactive ketones (excluding diaryl/α,β-unsaturated/α-hetero) is 1. The molecule has 1 aromatic rings. The van der Waals surface area contributed by atoms with E-state index in [4.69, 9.17) is 5.21 Å². The molecular weight excluding hydrogens is 376 g/mol. The van der Waals surface area contributed by atoms with Crippen LogP contribution >= 0.6 is 0 Å². The zero-order chi connectivity index (χ0) is 21.0. The lowest BCUT2D eigenvalue weighted by Gasteiger charge is -2.39. The number of nitrogens with one attached hydrogen (secondary N) is 3. The molecule has 2 heterocycles. The maximum atomic E-state index is 13.2. The van der Waals surface area contributed by atoms with E-state index >= 15 is 0 Å². The summed E-state index contributed by atoms with van der Waals surface area (Å²) < 4.78 is 0. The molecule has 4 atom stereocenters. The van der Waals surface area contributed by atoms with E-state index in [1.807, 2.05) is 36.4 Å². The summed E-state index contributed by atoms with van der Waals surface area (Å²) in [7, 11) is 1.42. The lowest BCUT2D eigenvalue weighted by atomic mass is 9.81. The highest BCUT2D eigenvalue weighted by Crippen LogP contribution is 2.27. The highest BCUT2D eigenvalue weighted by molar-refractivity contribution is 5.96. The molecule has 9 heteroatoms. The second-order valence-electron chi connectivity index (χ2n) is 7.41. The zero-order valence-electron chi connectivity index (χ0n) is 16.2. The summed E-state index contributed by atoms with van der Waals surface area (Å²) >= 11 is 0. The Hall–Kier alpha value is -2.75. The Morgan fingerprint density at radius 2 is 1.90 bits per heavy atom. The standard InChI is InChI=1S/C20H26N4O5/c1-24(20(27)28)14-10-15(19(26)23-29)17(22-11-14)18(25)16-9-13(7-8-21-16)12-5-3-2-4-6-12/h2-7,14-17,21-22,29H,8-11H2,1H3,(H,23,26)(H,27,28)/t14?,15-,16?,17-/m0/s1. The van der Waals surface area contributed by atoms with Crippen LogP contribution in [0.25, 0.3) is 5.57 Å². The fraction of sp³-hybridized carbons (Fsp3) is 0.450. The van der Waals surface area contributed by atoms with Gasteiger partial charge in [0.2, 0.25) is 5.91 Å². The molecule has 29 heavy (non-hydrogen) atoms. The van der Waals surface area contributed by atoms with Crippen LogP contribution in [0.1, 0.15) is 18.4 Å². The van der Waals surface area contributed by atoms with Crippen LogP contribution in [0.2, 0.25) is 0 Å². The number of likely N-dealkylation sites (N-methyl/N-ethyl adjacent to an activating group) is 1. The number of carbonyl (C=O) groups excluding carboxylic acids is 2. The summed E-state index contributed by atoms with van der Waals surface area (Å²) in [6, 6.07) is 8.04. The molecule has 1 aromatic carbocycles. The summed E-state index contributed by atoms with van der Waals surface area (Å²) in [5.74, 6) is -1.74. The van der Waals surface area contributed by atoms with E-state index in [0.717, 1.165) is 16.0 Å². The Labute approximate surface area is 168 Å². The molecule has 2 aliphatic heterocycles. The second-order valence-corrected chi connectivity index (χ2v) is 7.41. The lowest BCUT2D eigenvalue weighted by molar-refractivity contribution is -0.140. The van der Waals surface area contributed by atoms with Crippen molar-refractivity contribution in [3.63, 3.8) is 0 Å². The third-order valence-corrected chi connectivity index (χ3v) is 5.73. The molecule has 0 aromatic heterocycles. The quantitative estimate of drug-likeness (QED) is 0.357. The summed E-state index contributed by atoms with van der Waals surface area (Å²) in [5.41, 5.74) is 3.73. The van der Waals surface area contributed by atoms with Gasteiger partial charge in [-0.25, -0.2) is 10.3 Å². The monoisotopic (exact) mass is 402 g/mol. The van der Waals surface area contributed by atoms with Crippen molar-refractivity contribution in [3.05, 3.63) is 42.0 Å². The van der Waals surface area contributed by atoms with Crippen molar-refractivity contribution in [3.8, 4) is 0 Å². The van der Waals surface area contributed by atoms with Crippen molar-refractivity contribution in [2.75, 3.05) is 20.1 Å². The summed E-state index contributed by atoms with van der Waals surface area (Å²) in [6.45, 7) is 0.789. The van der Waals surface area contributed by atoms with Gasteiger partial charge in [-0.1, -0.05) is 36.4 Å². The molecule has 2 amide bonds. The van der Waals surface area contributed by atoms with Gasteiger partial charge in [0.15, 0.2) is 5.78 Å². The summed E-state index contributed by atoms with van der Waals surface area (Å²) in [6.07, 6.45) is 1.57. The summed E-state index contributed by atoms with van der Waals surface area (Å²) in [5, 5.41) is 24.5. The number of rotatable bonds is 5. The van der Waals surface area contributed by atoms with Crippen molar-refractivity contribution in [2.45, 2.75) is 31.0 Å². The van der Waals surface area contributed by atoms with E-state index in [0.29, 0.717) is 13.0 Å². The number of carbonyl (C=O) groups is 3. The number of carboxylic acid groups (broad SMARTS) is 1. The second kappa shape index (κ2) is 9.17.